The topological polar surface area (TPSA) is 105 Å². The number of aromatic nitrogens is 3. The molecule has 0 aliphatic carbocycles. The summed E-state index contributed by atoms with van der Waals surface area (Å²) in [4.78, 5) is 34.4. The van der Waals surface area contributed by atoms with Gasteiger partial charge in [0.25, 0.3) is 5.91 Å². The highest BCUT2D eigenvalue weighted by atomic mass is 19.1. The number of amides is 2. The van der Waals surface area contributed by atoms with Crippen molar-refractivity contribution in [3.8, 4) is 11.3 Å². The van der Waals surface area contributed by atoms with Gasteiger partial charge in [-0.15, -0.1) is 10.2 Å². The number of hydrogen-bond donors (Lipinski definition) is 0. The first-order valence-electron chi connectivity index (χ1n) is 13.2. The Balaban J connectivity index is 1.34. The number of hydrogen-bond acceptors (Lipinski definition) is 8. The Hall–Kier alpha value is -3.76. The quantitative estimate of drug-likeness (QED) is 0.474. The van der Waals surface area contributed by atoms with Crippen LogP contribution >= 0.6 is 0 Å². The first-order valence-corrected chi connectivity index (χ1v) is 13.2. The van der Waals surface area contributed by atoms with Crippen LogP contribution in [0.5, 0.6) is 0 Å². The summed E-state index contributed by atoms with van der Waals surface area (Å²) in [6, 6.07) is 4.37. The Kier molecular flexibility index (Phi) is 6.72. The number of aryl methyl sites for hydroxylation is 1. The third kappa shape index (κ3) is 5.02. The molecule has 5 rings (SSSR count). The van der Waals surface area contributed by atoms with Crippen molar-refractivity contribution in [1.29, 1.82) is 0 Å². The second-order valence-corrected chi connectivity index (χ2v) is 11.7. The highest BCUT2D eigenvalue weighted by Crippen LogP contribution is 2.40. The third-order valence-corrected chi connectivity index (χ3v) is 7.52. The lowest BCUT2D eigenvalue weighted by atomic mass is 9.94. The summed E-state index contributed by atoms with van der Waals surface area (Å²) in [6.07, 6.45) is 1.68. The number of rotatable bonds is 4. The minimum absolute atomic E-state index is 0.0940. The molecule has 10 nitrogen and oxygen atoms in total. The van der Waals surface area contributed by atoms with Gasteiger partial charge in [0, 0.05) is 38.1 Å². The molecule has 0 unspecified atom stereocenters. The number of alkyl halides is 1. The monoisotopic (exact) mass is 538 g/mol. The fourth-order valence-corrected chi connectivity index (χ4v) is 5.60. The van der Waals surface area contributed by atoms with Crippen LogP contribution in [0.2, 0.25) is 0 Å². The van der Waals surface area contributed by atoms with Crippen molar-refractivity contribution in [3.05, 3.63) is 35.7 Å². The number of benzene rings is 1. The predicted molar refractivity (Wildman–Crippen MR) is 144 cm³/mol. The van der Waals surface area contributed by atoms with Crippen LogP contribution in [0.1, 0.15) is 56.2 Å². The molecule has 1 aromatic carbocycles. The first kappa shape index (κ1) is 26.8. The summed E-state index contributed by atoms with van der Waals surface area (Å²) in [6.45, 7) is 7.38. The van der Waals surface area contributed by atoms with Crippen molar-refractivity contribution in [2.45, 2.75) is 76.9 Å². The molecule has 4 heterocycles. The van der Waals surface area contributed by atoms with Gasteiger partial charge in [0.2, 0.25) is 5.95 Å². The average Bonchev–Trinajstić information content (AvgIpc) is 3.44. The molecule has 0 radical (unpaired) electrons. The molecule has 0 N–H and O–H groups in total. The molecule has 2 saturated heterocycles. The van der Waals surface area contributed by atoms with Crippen LogP contribution in [0, 0.1) is 6.92 Å². The highest BCUT2D eigenvalue weighted by molar-refractivity contribution is 5.97. The molecule has 4 atom stereocenters. The van der Waals surface area contributed by atoms with E-state index in [0.29, 0.717) is 30.1 Å². The van der Waals surface area contributed by atoms with Crippen LogP contribution in [-0.4, -0.2) is 88.0 Å². The van der Waals surface area contributed by atoms with Gasteiger partial charge < -0.3 is 19.0 Å². The second kappa shape index (κ2) is 9.77. The molecule has 0 saturated carbocycles. The van der Waals surface area contributed by atoms with Gasteiger partial charge in [0.05, 0.1) is 18.3 Å². The van der Waals surface area contributed by atoms with E-state index in [1.807, 2.05) is 39.8 Å². The van der Waals surface area contributed by atoms with Gasteiger partial charge in [0.15, 0.2) is 5.76 Å². The summed E-state index contributed by atoms with van der Waals surface area (Å²) in [5.41, 5.74) is 2.18. The van der Waals surface area contributed by atoms with Gasteiger partial charge in [0.1, 0.15) is 23.0 Å². The molecule has 11 heteroatoms. The molecule has 2 aliphatic rings. The lowest BCUT2D eigenvalue weighted by Gasteiger charge is -2.44. The molecular formula is C28H35FN6O4. The van der Waals surface area contributed by atoms with Crippen LogP contribution in [0.25, 0.3) is 22.2 Å². The molecule has 3 aromatic rings. The molecule has 208 valence electrons. The number of fused-ring (bicyclic) bond motifs is 3. The number of furan rings is 1. The molecule has 2 aromatic heterocycles. The van der Waals surface area contributed by atoms with Gasteiger partial charge in [-0.05, 0) is 70.7 Å². The van der Waals surface area contributed by atoms with Gasteiger partial charge in [-0.3, -0.25) is 9.69 Å². The van der Waals surface area contributed by atoms with Gasteiger partial charge in [-0.25, -0.2) is 14.2 Å². The Morgan fingerprint density at radius 2 is 1.87 bits per heavy atom. The van der Waals surface area contributed by atoms with E-state index in [1.165, 1.54) is 4.90 Å². The SMILES string of the molecule is Cc1cc2cc(C(=O)N(C)C)oc2cc1-c1cnc(N(C)[C@@H]2C[C@H]3CC[C@@H]([C@@H]2F)N3C(=O)OC(C)(C)C)nn1. The normalized spacial score (nSPS) is 22.7. The van der Waals surface area contributed by atoms with Crippen LogP contribution < -0.4 is 4.90 Å². The van der Waals surface area contributed by atoms with Crippen LogP contribution in [0.3, 0.4) is 0 Å². The van der Waals surface area contributed by atoms with Gasteiger partial charge >= 0.3 is 6.09 Å². The highest BCUT2D eigenvalue weighted by Gasteiger charge is 2.52. The maximum Gasteiger partial charge on any atom is 0.410 e. The molecule has 39 heavy (non-hydrogen) atoms. The third-order valence-electron chi connectivity index (χ3n) is 7.52. The molecule has 2 amide bonds. The number of carbonyl (C=O) groups is 2. The molecule has 0 spiro atoms. The first-order chi connectivity index (χ1) is 18.3. The number of anilines is 1. The predicted octanol–water partition coefficient (Wildman–Crippen LogP) is 4.61. The van der Waals surface area contributed by atoms with E-state index in [0.717, 1.165) is 22.9 Å². The summed E-state index contributed by atoms with van der Waals surface area (Å²) >= 11 is 0. The summed E-state index contributed by atoms with van der Waals surface area (Å²) in [5.74, 6) is 0.364. The largest absolute Gasteiger partial charge is 0.451 e. The Labute approximate surface area is 227 Å². The van der Waals surface area contributed by atoms with Crippen molar-refractivity contribution < 1.29 is 23.1 Å². The Morgan fingerprint density at radius 1 is 1.13 bits per heavy atom. The van der Waals surface area contributed by atoms with E-state index in [-0.39, 0.29) is 17.7 Å². The fourth-order valence-electron chi connectivity index (χ4n) is 5.60. The fraction of sp³-hybridized carbons (Fsp3) is 0.536. The smallest absolute Gasteiger partial charge is 0.410 e. The van der Waals surface area contributed by atoms with Gasteiger partial charge in [-0.1, -0.05) is 0 Å². The van der Waals surface area contributed by atoms with Crippen molar-refractivity contribution in [1.82, 2.24) is 25.0 Å². The number of nitrogens with zero attached hydrogens (tertiary/aromatic N) is 6. The number of piperidine rings is 1. The zero-order valence-electron chi connectivity index (χ0n) is 23.4. The van der Waals surface area contributed by atoms with E-state index in [1.54, 1.807) is 43.2 Å². The minimum Gasteiger partial charge on any atom is -0.451 e. The maximum absolute atomic E-state index is 15.8. The molecule has 2 fully saturated rings. The van der Waals surface area contributed by atoms with Crippen LogP contribution in [-0.2, 0) is 4.74 Å². The van der Waals surface area contributed by atoms with E-state index < -0.39 is 29.9 Å². The van der Waals surface area contributed by atoms with Crippen molar-refractivity contribution >= 4 is 28.9 Å². The van der Waals surface area contributed by atoms with Crippen molar-refractivity contribution in [2.75, 3.05) is 26.0 Å². The average molecular weight is 539 g/mol. The van der Waals surface area contributed by atoms with E-state index in [9.17, 15) is 9.59 Å². The summed E-state index contributed by atoms with van der Waals surface area (Å²) in [5, 5.41) is 9.52. The van der Waals surface area contributed by atoms with Crippen LogP contribution in [0.4, 0.5) is 15.1 Å². The lowest BCUT2D eigenvalue weighted by Crippen LogP contribution is -2.59. The van der Waals surface area contributed by atoms with Crippen molar-refractivity contribution in [2.24, 2.45) is 0 Å². The van der Waals surface area contributed by atoms with E-state index >= 15 is 4.39 Å². The zero-order chi connectivity index (χ0) is 28.2. The van der Waals surface area contributed by atoms with E-state index in [2.05, 4.69) is 15.2 Å². The molecular weight excluding hydrogens is 503 g/mol. The van der Waals surface area contributed by atoms with Crippen LogP contribution in [0.15, 0.2) is 28.8 Å². The summed E-state index contributed by atoms with van der Waals surface area (Å²) in [7, 11) is 5.11. The second-order valence-electron chi connectivity index (χ2n) is 11.7. The Morgan fingerprint density at radius 3 is 2.51 bits per heavy atom. The number of halogens is 1. The standard InChI is InChI=1S/C28H35FN6O4/c1-15-10-16-11-23(25(36)33(5)6)38-22(16)13-18(15)19-14-30-26(32-31-19)34(7)21-12-17-8-9-20(24(21)29)35(17)27(37)39-28(2,3)4/h10-11,13-14,17,20-21,24H,8-9,12H2,1-7H3/t17-,20+,21-,24+/m1/s1. The van der Waals surface area contributed by atoms with E-state index in [4.69, 9.17) is 9.15 Å². The zero-order valence-corrected chi connectivity index (χ0v) is 23.4. The van der Waals surface area contributed by atoms with Crippen molar-refractivity contribution in [3.63, 3.8) is 0 Å². The molecule has 2 bridgehead atoms. The van der Waals surface area contributed by atoms with Gasteiger partial charge in [-0.2, -0.15) is 0 Å². The Bertz CT molecular complexity index is 1400. The lowest BCUT2D eigenvalue weighted by molar-refractivity contribution is -0.0104. The number of carbonyl (C=O) groups excluding carboxylic acids is 2. The maximum atomic E-state index is 15.8. The molecule has 2 aliphatic heterocycles. The summed E-state index contributed by atoms with van der Waals surface area (Å²) < 4.78 is 27.1. The number of ether oxygens (including phenoxy) is 1. The minimum atomic E-state index is -1.27.